The lowest BCUT2D eigenvalue weighted by atomic mass is 10.0. The SMILES string of the molecule is N#Cc1ccc(N(Cc2ccccc2C(F)(F)F)C2CCN(CCC(F)(F)F)C2)cc1. The lowest BCUT2D eigenvalue weighted by Gasteiger charge is -2.32. The molecule has 31 heavy (non-hydrogen) atoms. The maximum atomic E-state index is 13.5. The molecule has 0 spiro atoms. The quantitative estimate of drug-likeness (QED) is 0.546. The molecule has 3 nitrogen and oxygen atoms in total. The van der Waals surface area contributed by atoms with E-state index in [9.17, 15) is 26.3 Å². The van der Waals surface area contributed by atoms with Crippen LogP contribution < -0.4 is 4.90 Å². The Kier molecular flexibility index (Phi) is 6.80. The Balaban J connectivity index is 1.86. The summed E-state index contributed by atoms with van der Waals surface area (Å²) in [6.07, 6.45) is -9.16. The molecular formula is C22H21F6N3. The van der Waals surface area contributed by atoms with Crippen LogP contribution in [0.15, 0.2) is 48.5 Å². The molecule has 0 amide bonds. The van der Waals surface area contributed by atoms with Crippen LogP contribution >= 0.6 is 0 Å². The summed E-state index contributed by atoms with van der Waals surface area (Å²) in [5, 5.41) is 9.01. The Labute approximate surface area is 176 Å². The van der Waals surface area contributed by atoms with Gasteiger partial charge in [0.2, 0.25) is 0 Å². The van der Waals surface area contributed by atoms with E-state index in [1.807, 2.05) is 6.07 Å². The third-order valence-electron chi connectivity index (χ3n) is 5.39. The van der Waals surface area contributed by atoms with E-state index in [0.29, 0.717) is 30.8 Å². The second kappa shape index (κ2) is 9.18. The van der Waals surface area contributed by atoms with E-state index in [4.69, 9.17) is 5.26 Å². The molecule has 0 aromatic heterocycles. The van der Waals surface area contributed by atoms with Gasteiger partial charge in [-0.25, -0.2) is 0 Å². The summed E-state index contributed by atoms with van der Waals surface area (Å²) >= 11 is 0. The first-order chi connectivity index (χ1) is 14.6. The third kappa shape index (κ3) is 6.14. The number of hydrogen-bond acceptors (Lipinski definition) is 3. The average Bonchev–Trinajstić information content (AvgIpc) is 3.18. The highest BCUT2D eigenvalue weighted by Crippen LogP contribution is 2.34. The second-order valence-electron chi connectivity index (χ2n) is 7.55. The number of nitriles is 1. The first-order valence-electron chi connectivity index (χ1n) is 9.78. The van der Waals surface area contributed by atoms with Crippen LogP contribution in [0, 0.1) is 11.3 Å². The number of halogens is 6. The van der Waals surface area contributed by atoms with E-state index >= 15 is 0 Å². The summed E-state index contributed by atoms with van der Waals surface area (Å²) < 4.78 is 78.2. The predicted octanol–water partition coefficient (Wildman–Crippen LogP) is 5.61. The van der Waals surface area contributed by atoms with Crippen LogP contribution in [0.1, 0.15) is 29.5 Å². The van der Waals surface area contributed by atoms with Gasteiger partial charge in [-0.2, -0.15) is 31.6 Å². The van der Waals surface area contributed by atoms with Crippen molar-refractivity contribution in [3.8, 4) is 6.07 Å². The number of hydrogen-bond donors (Lipinski definition) is 0. The van der Waals surface area contributed by atoms with Crippen LogP contribution in [0.25, 0.3) is 0 Å². The Morgan fingerprint density at radius 1 is 1.00 bits per heavy atom. The molecule has 0 N–H and O–H groups in total. The fourth-order valence-corrected chi connectivity index (χ4v) is 3.83. The summed E-state index contributed by atoms with van der Waals surface area (Å²) in [6, 6.07) is 13.5. The Bertz CT molecular complexity index is 915. The largest absolute Gasteiger partial charge is 0.416 e. The standard InChI is InChI=1S/C22H21F6N3/c23-21(24,25)10-12-30-11-9-19(15-30)31(18-7-5-16(13-29)6-8-18)14-17-3-1-2-4-20(17)22(26,27)28/h1-8,19H,9-12,14-15H2. The van der Waals surface area contributed by atoms with Gasteiger partial charge in [-0.05, 0) is 42.3 Å². The minimum atomic E-state index is -4.51. The lowest BCUT2D eigenvalue weighted by Crippen LogP contribution is -2.38. The summed E-state index contributed by atoms with van der Waals surface area (Å²) in [4.78, 5) is 3.48. The average molecular weight is 441 g/mol. The molecule has 166 valence electrons. The van der Waals surface area contributed by atoms with E-state index in [0.717, 1.165) is 6.07 Å². The van der Waals surface area contributed by atoms with E-state index in [-0.39, 0.29) is 24.7 Å². The van der Waals surface area contributed by atoms with Crippen molar-refractivity contribution in [1.82, 2.24) is 4.90 Å². The zero-order chi connectivity index (χ0) is 22.6. The van der Waals surface area contributed by atoms with Crippen molar-refractivity contribution < 1.29 is 26.3 Å². The highest BCUT2D eigenvalue weighted by molar-refractivity contribution is 5.52. The molecule has 0 bridgehead atoms. The molecule has 2 aromatic carbocycles. The molecule has 1 heterocycles. The molecule has 0 saturated carbocycles. The molecule has 3 rings (SSSR count). The molecule has 2 aromatic rings. The van der Waals surface area contributed by atoms with Gasteiger partial charge in [-0.15, -0.1) is 0 Å². The molecule has 1 unspecified atom stereocenters. The number of alkyl halides is 6. The van der Waals surface area contributed by atoms with Gasteiger partial charge < -0.3 is 9.80 Å². The fraction of sp³-hybridized carbons (Fsp3) is 0.409. The van der Waals surface area contributed by atoms with Gasteiger partial charge in [0.25, 0.3) is 0 Å². The van der Waals surface area contributed by atoms with Crippen LogP contribution in [0.2, 0.25) is 0 Å². The summed E-state index contributed by atoms with van der Waals surface area (Å²) in [7, 11) is 0. The molecule has 1 atom stereocenters. The first kappa shape index (κ1) is 22.9. The Morgan fingerprint density at radius 3 is 2.29 bits per heavy atom. The van der Waals surface area contributed by atoms with Crippen molar-refractivity contribution in [2.75, 3.05) is 24.5 Å². The highest BCUT2D eigenvalue weighted by atomic mass is 19.4. The van der Waals surface area contributed by atoms with Gasteiger partial charge in [0.15, 0.2) is 0 Å². The molecule has 0 radical (unpaired) electrons. The van der Waals surface area contributed by atoms with Crippen LogP contribution in [0.5, 0.6) is 0 Å². The summed E-state index contributed by atoms with van der Waals surface area (Å²) in [5.41, 5.74) is 0.393. The molecule has 1 saturated heterocycles. The third-order valence-corrected chi connectivity index (χ3v) is 5.39. The van der Waals surface area contributed by atoms with Crippen molar-refractivity contribution >= 4 is 5.69 Å². The molecule has 1 aliphatic rings. The van der Waals surface area contributed by atoms with Crippen molar-refractivity contribution in [1.29, 1.82) is 5.26 Å². The monoisotopic (exact) mass is 441 g/mol. The molecule has 0 aliphatic carbocycles. The second-order valence-corrected chi connectivity index (χ2v) is 7.55. The molecule has 1 aliphatic heterocycles. The van der Waals surface area contributed by atoms with Crippen LogP contribution in [-0.4, -0.2) is 36.8 Å². The Morgan fingerprint density at radius 2 is 1.68 bits per heavy atom. The number of nitrogens with zero attached hydrogens (tertiary/aromatic N) is 3. The van der Waals surface area contributed by atoms with Gasteiger partial charge in [0.05, 0.1) is 23.6 Å². The minimum Gasteiger partial charge on any atom is -0.363 e. The van der Waals surface area contributed by atoms with Crippen molar-refractivity contribution in [2.45, 2.75) is 37.8 Å². The molecule has 9 heteroatoms. The van der Waals surface area contributed by atoms with E-state index in [2.05, 4.69) is 0 Å². The normalized spacial score (nSPS) is 17.5. The maximum Gasteiger partial charge on any atom is 0.416 e. The molecule has 1 fully saturated rings. The number of rotatable bonds is 6. The first-order valence-corrected chi connectivity index (χ1v) is 9.78. The lowest BCUT2D eigenvalue weighted by molar-refractivity contribution is -0.138. The number of benzene rings is 2. The maximum absolute atomic E-state index is 13.5. The van der Waals surface area contributed by atoms with Gasteiger partial charge >= 0.3 is 12.4 Å². The topological polar surface area (TPSA) is 30.3 Å². The zero-order valence-electron chi connectivity index (χ0n) is 16.5. The number of anilines is 1. The van der Waals surface area contributed by atoms with E-state index < -0.39 is 24.3 Å². The van der Waals surface area contributed by atoms with Gasteiger partial charge in [-0.1, -0.05) is 18.2 Å². The van der Waals surface area contributed by atoms with E-state index in [1.54, 1.807) is 34.1 Å². The van der Waals surface area contributed by atoms with E-state index in [1.165, 1.54) is 18.2 Å². The molecular weight excluding hydrogens is 420 g/mol. The van der Waals surface area contributed by atoms with Gasteiger partial charge in [0.1, 0.15) is 0 Å². The van der Waals surface area contributed by atoms with Gasteiger partial charge in [0, 0.05) is 37.9 Å². The van der Waals surface area contributed by atoms with Crippen LogP contribution in [0.3, 0.4) is 0 Å². The van der Waals surface area contributed by atoms with Crippen LogP contribution in [0.4, 0.5) is 32.0 Å². The fourth-order valence-electron chi connectivity index (χ4n) is 3.83. The smallest absolute Gasteiger partial charge is 0.363 e. The highest BCUT2D eigenvalue weighted by Gasteiger charge is 2.36. The van der Waals surface area contributed by atoms with Crippen molar-refractivity contribution in [2.24, 2.45) is 0 Å². The summed E-state index contributed by atoms with van der Waals surface area (Å²) in [6.45, 7) is 0.582. The van der Waals surface area contributed by atoms with Crippen molar-refractivity contribution in [3.63, 3.8) is 0 Å². The van der Waals surface area contributed by atoms with Gasteiger partial charge in [-0.3, -0.25) is 0 Å². The Hall–Kier alpha value is -2.73. The zero-order valence-corrected chi connectivity index (χ0v) is 16.5. The predicted molar refractivity (Wildman–Crippen MR) is 104 cm³/mol. The van der Waals surface area contributed by atoms with Crippen molar-refractivity contribution in [3.05, 3.63) is 65.2 Å². The minimum absolute atomic E-state index is 0.0423. The van der Waals surface area contributed by atoms with Crippen LogP contribution in [-0.2, 0) is 12.7 Å². The summed E-state index contributed by atoms with van der Waals surface area (Å²) in [5.74, 6) is 0. The number of likely N-dealkylation sites (tertiary alicyclic amines) is 1.